The van der Waals surface area contributed by atoms with E-state index in [1.807, 2.05) is 0 Å². The van der Waals surface area contributed by atoms with Crippen molar-refractivity contribution in [3.05, 3.63) is 58.8 Å². The number of ether oxygens (including phenoxy) is 1. The minimum absolute atomic E-state index is 0.110. The highest BCUT2D eigenvalue weighted by Gasteiger charge is 2.45. The second-order valence-corrected chi connectivity index (χ2v) is 9.14. The summed E-state index contributed by atoms with van der Waals surface area (Å²) in [5.41, 5.74) is 1.58. The lowest BCUT2D eigenvalue weighted by Gasteiger charge is -2.33. The topological polar surface area (TPSA) is 99.3 Å². The Morgan fingerprint density at radius 2 is 1.94 bits per heavy atom. The summed E-state index contributed by atoms with van der Waals surface area (Å²) >= 11 is 6.39. The molecule has 0 aliphatic carbocycles. The van der Waals surface area contributed by atoms with Gasteiger partial charge in [-0.05, 0) is 31.4 Å². The maximum absolute atomic E-state index is 13.5. The first-order valence-corrected chi connectivity index (χ1v) is 12.1. The van der Waals surface area contributed by atoms with Crippen LogP contribution in [0.15, 0.2) is 48.2 Å². The standard InChI is InChI=1S/C25H29ClN4O5/c1-3-11-30-19-14-29(15-20(31)28-12-9-16(10-13-28)24(33)35-4-2)23(32)21(19)22(27-25(30)34)17-7-5-6-8-18(17)26/h3,5-8,16,22H,1,4,9-15H2,2H3,(H,27,34)/t22-/m1/s1. The van der Waals surface area contributed by atoms with Crippen LogP contribution in [0.3, 0.4) is 0 Å². The summed E-state index contributed by atoms with van der Waals surface area (Å²) in [6.45, 7) is 6.95. The van der Waals surface area contributed by atoms with Crippen molar-refractivity contribution in [2.24, 2.45) is 5.92 Å². The number of nitrogens with zero attached hydrogens (tertiary/aromatic N) is 3. The fourth-order valence-electron chi connectivity index (χ4n) is 4.83. The number of urea groups is 1. The third-order valence-electron chi connectivity index (χ3n) is 6.62. The SMILES string of the molecule is C=CCN1C(=O)N[C@H](c2ccccc2Cl)C2=C1CN(CC(=O)N1CCC(C(=O)OCC)CC1)C2=O. The number of nitrogens with one attached hydrogen (secondary N) is 1. The van der Waals surface area contributed by atoms with Gasteiger partial charge in [-0.2, -0.15) is 0 Å². The molecule has 1 saturated heterocycles. The highest BCUT2D eigenvalue weighted by Crippen LogP contribution is 2.38. The van der Waals surface area contributed by atoms with Crippen molar-refractivity contribution in [1.29, 1.82) is 0 Å². The second-order valence-electron chi connectivity index (χ2n) is 8.73. The zero-order valence-corrected chi connectivity index (χ0v) is 20.4. The zero-order chi connectivity index (χ0) is 25.1. The molecule has 3 aliphatic heterocycles. The number of likely N-dealkylation sites (tertiary alicyclic amines) is 1. The van der Waals surface area contributed by atoms with E-state index in [9.17, 15) is 19.2 Å². The Bertz CT molecular complexity index is 1080. The van der Waals surface area contributed by atoms with E-state index in [1.54, 1.807) is 42.2 Å². The van der Waals surface area contributed by atoms with Gasteiger partial charge in [-0.15, -0.1) is 6.58 Å². The lowest BCUT2D eigenvalue weighted by atomic mass is 9.95. The van der Waals surface area contributed by atoms with Crippen molar-refractivity contribution < 1.29 is 23.9 Å². The molecule has 35 heavy (non-hydrogen) atoms. The van der Waals surface area contributed by atoms with Gasteiger partial charge in [0.15, 0.2) is 0 Å². The van der Waals surface area contributed by atoms with Crippen molar-refractivity contribution in [2.45, 2.75) is 25.8 Å². The van der Waals surface area contributed by atoms with Crippen LogP contribution in [-0.2, 0) is 19.1 Å². The summed E-state index contributed by atoms with van der Waals surface area (Å²) in [6.07, 6.45) is 2.66. The minimum Gasteiger partial charge on any atom is -0.466 e. The Balaban J connectivity index is 1.50. The molecule has 0 spiro atoms. The monoisotopic (exact) mass is 500 g/mol. The Hall–Kier alpha value is -3.33. The quantitative estimate of drug-likeness (QED) is 0.458. The summed E-state index contributed by atoms with van der Waals surface area (Å²) < 4.78 is 5.09. The molecule has 186 valence electrons. The highest BCUT2D eigenvalue weighted by molar-refractivity contribution is 6.31. The van der Waals surface area contributed by atoms with E-state index in [4.69, 9.17) is 16.3 Å². The van der Waals surface area contributed by atoms with Crippen LogP contribution in [0.2, 0.25) is 5.02 Å². The van der Waals surface area contributed by atoms with Gasteiger partial charge in [0.2, 0.25) is 5.91 Å². The molecular weight excluding hydrogens is 472 g/mol. The molecule has 1 aromatic rings. The molecule has 10 heteroatoms. The number of rotatable bonds is 7. The summed E-state index contributed by atoms with van der Waals surface area (Å²) in [4.78, 5) is 56.0. The molecular formula is C25H29ClN4O5. The molecule has 0 unspecified atom stereocenters. The van der Waals surface area contributed by atoms with E-state index in [-0.39, 0.29) is 49.4 Å². The molecule has 1 aromatic carbocycles. The molecule has 0 bridgehead atoms. The van der Waals surface area contributed by atoms with Crippen LogP contribution in [0, 0.1) is 5.92 Å². The zero-order valence-electron chi connectivity index (χ0n) is 19.7. The van der Waals surface area contributed by atoms with Gasteiger partial charge in [-0.3, -0.25) is 19.3 Å². The highest BCUT2D eigenvalue weighted by atomic mass is 35.5. The van der Waals surface area contributed by atoms with Gasteiger partial charge >= 0.3 is 12.0 Å². The number of hydrogen-bond donors (Lipinski definition) is 1. The van der Waals surface area contributed by atoms with Gasteiger partial charge in [0.1, 0.15) is 6.54 Å². The van der Waals surface area contributed by atoms with Gasteiger partial charge < -0.3 is 19.9 Å². The van der Waals surface area contributed by atoms with Crippen LogP contribution in [0.25, 0.3) is 0 Å². The molecule has 1 N–H and O–H groups in total. The Kier molecular flexibility index (Phi) is 7.45. The third kappa shape index (κ3) is 4.91. The Labute approximate surface area is 209 Å². The Morgan fingerprint density at radius 3 is 2.60 bits per heavy atom. The van der Waals surface area contributed by atoms with Gasteiger partial charge in [-0.1, -0.05) is 35.9 Å². The van der Waals surface area contributed by atoms with Crippen LogP contribution < -0.4 is 5.32 Å². The third-order valence-corrected chi connectivity index (χ3v) is 6.96. The van der Waals surface area contributed by atoms with Crippen molar-refractivity contribution >= 4 is 35.4 Å². The second kappa shape index (κ2) is 10.5. The largest absolute Gasteiger partial charge is 0.466 e. The van der Waals surface area contributed by atoms with Crippen LogP contribution in [0.5, 0.6) is 0 Å². The van der Waals surface area contributed by atoms with Crippen LogP contribution in [0.4, 0.5) is 4.79 Å². The molecule has 1 fully saturated rings. The molecule has 1 atom stereocenters. The first kappa shape index (κ1) is 24.8. The van der Waals surface area contributed by atoms with E-state index in [0.717, 1.165) is 0 Å². The number of halogens is 1. The number of piperidine rings is 1. The summed E-state index contributed by atoms with van der Waals surface area (Å²) in [6, 6.07) is 6.00. The number of amides is 4. The summed E-state index contributed by atoms with van der Waals surface area (Å²) in [5, 5.41) is 3.32. The molecule has 0 saturated carbocycles. The lowest BCUT2D eigenvalue weighted by Crippen LogP contribution is -2.47. The smallest absolute Gasteiger partial charge is 0.322 e. The molecule has 3 heterocycles. The van der Waals surface area contributed by atoms with E-state index < -0.39 is 6.04 Å². The van der Waals surface area contributed by atoms with E-state index in [2.05, 4.69) is 11.9 Å². The molecule has 4 amide bonds. The van der Waals surface area contributed by atoms with E-state index in [0.29, 0.717) is 54.4 Å². The fraction of sp³-hybridized carbons (Fsp3) is 0.440. The van der Waals surface area contributed by atoms with Crippen LogP contribution >= 0.6 is 11.6 Å². The summed E-state index contributed by atoms with van der Waals surface area (Å²) in [5.74, 6) is -0.934. The summed E-state index contributed by atoms with van der Waals surface area (Å²) in [7, 11) is 0. The van der Waals surface area contributed by atoms with Gasteiger partial charge in [0.05, 0.1) is 36.4 Å². The van der Waals surface area contributed by atoms with E-state index in [1.165, 1.54) is 9.80 Å². The number of benzene rings is 1. The van der Waals surface area contributed by atoms with Crippen molar-refractivity contribution in [1.82, 2.24) is 20.0 Å². The van der Waals surface area contributed by atoms with Crippen molar-refractivity contribution in [2.75, 3.05) is 39.3 Å². The average molecular weight is 501 g/mol. The van der Waals surface area contributed by atoms with Gasteiger partial charge in [0.25, 0.3) is 5.91 Å². The lowest BCUT2D eigenvalue weighted by molar-refractivity contribution is -0.151. The van der Waals surface area contributed by atoms with Crippen LogP contribution in [0.1, 0.15) is 31.4 Å². The molecule has 9 nitrogen and oxygen atoms in total. The van der Waals surface area contributed by atoms with Gasteiger partial charge in [0, 0.05) is 24.7 Å². The van der Waals surface area contributed by atoms with Gasteiger partial charge in [-0.25, -0.2) is 4.79 Å². The number of esters is 1. The first-order valence-electron chi connectivity index (χ1n) is 11.8. The number of carbonyl (C=O) groups excluding carboxylic acids is 4. The Morgan fingerprint density at radius 1 is 1.23 bits per heavy atom. The average Bonchev–Trinajstić information content (AvgIpc) is 3.17. The normalized spacial score (nSPS) is 20.6. The van der Waals surface area contributed by atoms with Crippen LogP contribution in [-0.4, -0.2) is 77.8 Å². The molecule has 4 rings (SSSR count). The molecule has 0 aromatic heterocycles. The van der Waals surface area contributed by atoms with Crippen molar-refractivity contribution in [3.63, 3.8) is 0 Å². The predicted octanol–water partition coefficient (Wildman–Crippen LogP) is 2.49. The maximum atomic E-state index is 13.5. The number of hydrogen-bond acceptors (Lipinski definition) is 5. The van der Waals surface area contributed by atoms with Crippen molar-refractivity contribution in [3.8, 4) is 0 Å². The molecule has 0 radical (unpaired) electrons. The fourth-order valence-corrected chi connectivity index (χ4v) is 5.07. The minimum atomic E-state index is -0.708. The molecule has 3 aliphatic rings. The predicted molar refractivity (Wildman–Crippen MR) is 129 cm³/mol. The number of carbonyl (C=O) groups is 4. The maximum Gasteiger partial charge on any atom is 0.322 e. The van der Waals surface area contributed by atoms with E-state index >= 15 is 0 Å². The first-order chi connectivity index (χ1) is 16.8.